The Hall–Kier alpha value is -0.0800. The first kappa shape index (κ1) is 14.3. The Morgan fingerprint density at radius 2 is 1.89 bits per heavy atom. The van der Waals surface area contributed by atoms with Gasteiger partial charge in [0.15, 0.2) is 0 Å². The fraction of sp³-hybridized carbons (Fsp3) is 1.00. The third-order valence-electron chi connectivity index (χ3n) is 5.28. The van der Waals surface area contributed by atoms with E-state index in [1.54, 1.807) is 0 Å². The van der Waals surface area contributed by atoms with Gasteiger partial charge < -0.3 is 5.11 Å². The fourth-order valence-corrected chi connectivity index (χ4v) is 4.30. The molecule has 1 N–H and O–H groups in total. The Bertz CT molecular complexity index is 243. The Balaban J connectivity index is 1.97. The lowest BCUT2D eigenvalue weighted by Gasteiger charge is -2.43. The van der Waals surface area contributed by atoms with E-state index in [1.165, 1.54) is 45.2 Å². The van der Waals surface area contributed by atoms with Crippen molar-refractivity contribution in [2.24, 2.45) is 17.8 Å². The summed E-state index contributed by atoms with van der Waals surface area (Å²) in [6, 6.07) is 0.428. The molecule has 1 aliphatic heterocycles. The van der Waals surface area contributed by atoms with Crippen LogP contribution in [0.15, 0.2) is 0 Å². The predicted octanol–water partition coefficient (Wildman–Crippen LogP) is 3.29. The molecule has 2 aliphatic rings. The van der Waals surface area contributed by atoms with Gasteiger partial charge in [-0.1, -0.05) is 27.2 Å². The molecule has 0 spiro atoms. The van der Waals surface area contributed by atoms with Gasteiger partial charge in [-0.3, -0.25) is 4.90 Å². The smallest absolute Gasteiger partial charge is 0.0700 e. The van der Waals surface area contributed by atoms with Crippen LogP contribution in [0.1, 0.15) is 59.3 Å². The van der Waals surface area contributed by atoms with Crippen molar-refractivity contribution in [3.8, 4) is 0 Å². The molecule has 1 saturated heterocycles. The highest BCUT2D eigenvalue weighted by atomic mass is 16.3. The van der Waals surface area contributed by atoms with Gasteiger partial charge in [0.2, 0.25) is 0 Å². The van der Waals surface area contributed by atoms with Crippen molar-refractivity contribution in [1.29, 1.82) is 0 Å². The molecule has 0 aromatic heterocycles. The highest BCUT2D eigenvalue weighted by Gasteiger charge is 2.37. The monoisotopic (exact) mass is 253 g/mol. The molecule has 1 heterocycles. The molecule has 0 aromatic carbocycles. The first-order chi connectivity index (χ1) is 8.61. The standard InChI is InChI=1S/C16H31NO/c1-4-14-6-5-8-17(9-7-14)16-13(3)10-12(2)11-15(16)18/h12-16,18H,4-11H2,1-3H3. The van der Waals surface area contributed by atoms with Crippen molar-refractivity contribution in [3.05, 3.63) is 0 Å². The normalized spacial score (nSPS) is 43.7. The molecule has 18 heavy (non-hydrogen) atoms. The summed E-state index contributed by atoms with van der Waals surface area (Å²) in [4.78, 5) is 2.61. The van der Waals surface area contributed by atoms with Crippen molar-refractivity contribution < 1.29 is 5.11 Å². The van der Waals surface area contributed by atoms with Crippen LogP contribution < -0.4 is 0 Å². The zero-order valence-corrected chi connectivity index (χ0v) is 12.4. The third kappa shape index (κ3) is 3.27. The van der Waals surface area contributed by atoms with Crippen LogP contribution in [0.4, 0.5) is 0 Å². The molecule has 2 rings (SSSR count). The SMILES string of the molecule is CCC1CCCN(C2C(C)CC(C)CC2O)CC1. The zero-order valence-electron chi connectivity index (χ0n) is 12.4. The van der Waals surface area contributed by atoms with Crippen LogP contribution >= 0.6 is 0 Å². The van der Waals surface area contributed by atoms with Crippen LogP contribution in [-0.2, 0) is 0 Å². The van der Waals surface area contributed by atoms with Crippen LogP contribution in [0.5, 0.6) is 0 Å². The quantitative estimate of drug-likeness (QED) is 0.816. The molecule has 2 heteroatoms. The molecule has 1 aliphatic carbocycles. The van der Waals surface area contributed by atoms with Crippen molar-refractivity contribution in [1.82, 2.24) is 4.90 Å². The zero-order chi connectivity index (χ0) is 13.1. The van der Waals surface area contributed by atoms with Crippen LogP contribution in [0, 0.1) is 17.8 Å². The number of aliphatic hydroxyl groups is 1. The van der Waals surface area contributed by atoms with Crippen molar-refractivity contribution in [3.63, 3.8) is 0 Å². The first-order valence-electron chi connectivity index (χ1n) is 8.04. The van der Waals surface area contributed by atoms with Gasteiger partial charge in [0.05, 0.1) is 6.10 Å². The van der Waals surface area contributed by atoms with Crippen molar-refractivity contribution >= 4 is 0 Å². The second kappa shape index (κ2) is 6.38. The second-order valence-corrected chi connectivity index (χ2v) is 6.85. The Morgan fingerprint density at radius 3 is 2.56 bits per heavy atom. The first-order valence-corrected chi connectivity index (χ1v) is 8.04. The van der Waals surface area contributed by atoms with Gasteiger partial charge >= 0.3 is 0 Å². The number of hydrogen-bond acceptors (Lipinski definition) is 2. The molecule has 1 saturated carbocycles. The number of aliphatic hydroxyl groups excluding tert-OH is 1. The Kier molecular flexibility index (Phi) is 5.08. The molecule has 106 valence electrons. The number of likely N-dealkylation sites (tertiary alicyclic amines) is 1. The molecular weight excluding hydrogens is 222 g/mol. The van der Waals surface area contributed by atoms with Gasteiger partial charge in [0.1, 0.15) is 0 Å². The van der Waals surface area contributed by atoms with E-state index >= 15 is 0 Å². The van der Waals surface area contributed by atoms with Crippen LogP contribution in [0.2, 0.25) is 0 Å². The topological polar surface area (TPSA) is 23.5 Å². The molecule has 0 bridgehead atoms. The summed E-state index contributed by atoms with van der Waals surface area (Å²) in [5, 5.41) is 10.4. The molecule has 5 unspecified atom stereocenters. The van der Waals surface area contributed by atoms with E-state index in [0.29, 0.717) is 17.9 Å². The number of hydrogen-bond donors (Lipinski definition) is 1. The van der Waals surface area contributed by atoms with Gasteiger partial charge in [-0.05, 0) is 62.9 Å². The van der Waals surface area contributed by atoms with E-state index in [1.807, 2.05) is 0 Å². The molecule has 0 radical (unpaired) electrons. The van der Waals surface area contributed by atoms with Gasteiger partial charge in [-0.25, -0.2) is 0 Å². The van der Waals surface area contributed by atoms with E-state index in [-0.39, 0.29) is 6.10 Å². The van der Waals surface area contributed by atoms with Crippen molar-refractivity contribution in [2.45, 2.75) is 71.4 Å². The fourth-order valence-electron chi connectivity index (χ4n) is 4.30. The van der Waals surface area contributed by atoms with Gasteiger partial charge in [-0.2, -0.15) is 0 Å². The van der Waals surface area contributed by atoms with E-state index in [9.17, 15) is 5.11 Å². The minimum absolute atomic E-state index is 0.0954. The summed E-state index contributed by atoms with van der Waals surface area (Å²) >= 11 is 0. The van der Waals surface area contributed by atoms with E-state index in [4.69, 9.17) is 0 Å². The molecule has 0 amide bonds. The van der Waals surface area contributed by atoms with E-state index in [0.717, 1.165) is 12.3 Å². The molecule has 2 nitrogen and oxygen atoms in total. The predicted molar refractivity (Wildman–Crippen MR) is 76.6 cm³/mol. The average molecular weight is 253 g/mol. The van der Waals surface area contributed by atoms with Gasteiger partial charge in [0, 0.05) is 6.04 Å². The lowest BCUT2D eigenvalue weighted by molar-refractivity contribution is -0.0235. The van der Waals surface area contributed by atoms with E-state index < -0.39 is 0 Å². The number of rotatable bonds is 2. The van der Waals surface area contributed by atoms with Crippen LogP contribution in [0.3, 0.4) is 0 Å². The summed E-state index contributed by atoms with van der Waals surface area (Å²) < 4.78 is 0. The summed E-state index contributed by atoms with van der Waals surface area (Å²) in [7, 11) is 0. The highest BCUT2D eigenvalue weighted by Crippen LogP contribution is 2.34. The molecule has 5 atom stereocenters. The minimum Gasteiger partial charge on any atom is -0.391 e. The summed E-state index contributed by atoms with van der Waals surface area (Å²) in [6.45, 7) is 9.35. The average Bonchev–Trinajstić information content (AvgIpc) is 2.53. The largest absolute Gasteiger partial charge is 0.391 e. The summed E-state index contributed by atoms with van der Waals surface area (Å²) in [5.41, 5.74) is 0. The molecule has 2 fully saturated rings. The van der Waals surface area contributed by atoms with Crippen LogP contribution in [-0.4, -0.2) is 35.2 Å². The van der Waals surface area contributed by atoms with Crippen molar-refractivity contribution in [2.75, 3.05) is 13.1 Å². The minimum atomic E-state index is -0.0954. The second-order valence-electron chi connectivity index (χ2n) is 6.85. The Morgan fingerprint density at radius 1 is 1.11 bits per heavy atom. The summed E-state index contributed by atoms with van der Waals surface area (Å²) in [6.07, 6.45) is 7.57. The molecular formula is C16H31NO. The summed E-state index contributed by atoms with van der Waals surface area (Å²) in [5.74, 6) is 2.27. The molecule has 0 aromatic rings. The lowest BCUT2D eigenvalue weighted by atomic mass is 9.77. The third-order valence-corrected chi connectivity index (χ3v) is 5.28. The maximum Gasteiger partial charge on any atom is 0.0700 e. The van der Waals surface area contributed by atoms with Gasteiger partial charge in [-0.15, -0.1) is 0 Å². The Labute approximate surface area is 113 Å². The van der Waals surface area contributed by atoms with E-state index in [2.05, 4.69) is 25.7 Å². The highest BCUT2D eigenvalue weighted by molar-refractivity contribution is 4.90. The van der Waals surface area contributed by atoms with Gasteiger partial charge in [0.25, 0.3) is 0 Å². The number of nitrogens with zero attached hydrogens (tertiary/aromatic N) is 1. The lowest BCUT2D eigenvalue weighted by Crippen LogP contribution is -2.51. The van der Waals surface area contributed by atoms with Crippen LogP contribution in [0.25, 0.3) is 0 Å². The maximum absolute atomic E-state index is 10.4. The maximum atomic E-state index is 10.4.